The molecule has 0 radical (unpaired) electrons. The molecule has 0 aliphatic heterocycles. The molecule has 7 heteroatoms. The molecular formula is C16H27N3O3S. The van der Waals surface area contributed by atoms with Gasteiger partial charge in [0.05, 0.1) is 11.4 Å². The lowest BCUT2D eigenvalue weighted by Gasteiger charge is -2.17. The van der Waals surface area contributed by atoms with Gasteiger partial charge in [-0.25, -0.2) is 13.1 Å². The largest absolute Gasteiger partial charge is 0.376 e. The molecule has 0 fully saturated rings. The molecule has 1 atom stereocenters. The van der Waals surface area contributed by atoms with Crippen molar-refractivity contribution in [3.05, 3.63) is 24.3 Å². The first-order valence-corrected chi connectivity index (χ1v) is 9.25. The van der Waals surface area contributed by atoms with Crippen LogP contribution in [0.2, 0.25) is 0 Å². The van der Waals surface area contributed by atoms with Crippen LogP contribution in [0, 0.1) is 5.92 Å². The summed E-state index contributed by atoms with van der Waals surface area (Å²) in [6.45, 7) is 9.73. The highest BCUT2D eigenvalue weighted by Crippen LogP contribution is 2.14. The van der Waals surface area contributed by atoms with E-state index < -0.39 is 10.0 Å². The Hall–Kier alpha value is -1.60. The van der Waals surface area contributed by atoms with E-state index in [9.17, 15) is 13.2 Å². The molecule has 0 spiro atoms. The third kappa shape index (κ3) is 6.58. The Balaban J connectivity index is 2.60. The van der Waals surface area contributed by atoms with Crippen LogP contribution in [-0.2, 0) is 14.8 Å². The molecule has 3 N–H and O–H groups in total. The molecule has 1 rings (SSSR count). The van der Waals surface area contributed by atoms with Crippen molar-refractivity contribution in [2.75, 3.05) is 11.9 Å². The number of sulfonamides is 1. The Kier molecular flexibility index (Phi) is 7.02. The summed E-state index contributed by atoms with van der Waals surface area (Å²) in [4.78, 5) is 12.0. The van der Waals surface area contributed by atoms with Crippen molar-refractivity contribution in [2.45, 2.75) is 51.6 Å². The minimum absolute atomic E-state index is 0.0932. The lowest BCUT2D eigenvalue weighted by Crippen LogP contribution is -2.39. The standard InChI is InChI=1S/C16H27N3O3S/c1-11(2)13(5)18-16(20)10-17-14-6-8-15(9-7-14)23(21,22)19-12(3)4/h6-9,11-13,17,19H,10H2,1-5H3,(H,18,20). The van der Waals surface area contributed by atoms with Gasteiger partial charge >= 0.3 is 0 Å². The van der Waals surface area contributed by atoms with Crippen molar-refractivity contribution in [3.63, 3.8) is 0 Å². The van der Waals surface area contributed by atoms with Crippen LogP contribution in [0.25, 0.3) is 0 Å². The van der Waals surface area contributed by atoms with Gasteiger partial charge in [0, 0.05) is 17.8 Å². The maximum absolute atomic E-state index is 12.0. The van der Waals surface area contributed by atoms with E-state index in [1.54, 1.807) is 26.0 Å². The van der Waals surface area contributed by atoms with E-state index in [0.717, 1.165) is 0 Å². The number of anilines is 1. The molecule has 0 aliphatic carbocycles. The summed E-state index contributed by atoms with van der Waals surface area (Å²) in [5.41, 5.74) is 0.695. The van der Waals surface area contributed by atoms with Crippen molar-refractivity contribution in [1.29, 1.82) is 0 Å². The van der Waals surface area contributed by atoms with E-state index in [2.05, 4.69) is 15.4 Å². The Morgan fingerprint density at radius 1 is 1.04 bits per heavy atom. The number of carbonyl (C=O) groups excluding carboxylic acids is 1. The average molecular weight is 341 g/mol. The van der Waals surface area contributed by atoms with Gasteiger partial charge in [0.25, 0.3) is 0 Å². The molecule has 0 saturated heterocycles. The third-order valence-corrected chi connectivity index (χ3v) is 5.07. The molecule has 1 amide bonds. The average Bonchev–Trinajstić information content (AvgIpc) is 2.44. The van der Waals surface area contributed by atoms with Crippen molar-refractivity contribution in [1.82, 2.24) is 10.0 Å². The van der Waals surface area contributed by atoms with E-state index in [1.807, 2.05) is 20.8 Å². The van der Waals surface area contributed by atoms with E-state index in [1.165, 1.54) is 12.1 Å². The van der Waals surface area contributed by atoms with Gasteiger partial charge in [0.15, 0.2) is 0 Å². The van der Waals surface area contributed by atoms with Crippen molar-refractivity contribution >= 4 is 21.6 Å². The fourth-order valence-corrected chi connectivity index (χ4v) is 3.04. The first kappa shape index (κ1) is 19.4. The number of nitrogens with one attached hydrogen (secondary N) is 3. The van der Waals surface area contributed by atoms with Gasteiger partial charge in [0.2, 0.25) is 15.9 Å². The van der Waals surface area contributed by atoms with E-state index in [0.29, 0.717) is 11.6 Å². The van der Waals surface area contributed by atoms with Crippen LogP contribution in [0.4, 0.5) is 5.69 Å². The minimum atomic E-state index is -3.49. The number of carbonyl (C=O) groups is 1. The van der Waals surface area contributed by atoms with Gasteiger partial charge in [-0.15, -0.1) is 0 Å². The molecule has 23 heavy (non-hydrogen) atoms. The molecule has 0 aromatic heterocycles. The lowest BCUT2D eigenvalue weighted by atomic mass is 10.1. The molecule has 0 saturated carbocycles. The SMILES string of the molecule is CC(C)NS(=O)(=O)c1ccc(NCC(=O)NC(C)C(C)C)cc1. The zero-order chi connectivity index (χ0) is 17.6. The first-order chi connectivity index (χ1) is 10.6. The van der Waals surface area contributed by atoms with Gasteiger partial charge in [-0.3, -0.25) is 4.79 Å². The molecule has 6 nitrogen and oxygen atoms in total. The second-order valence-electron chi connectivity index (χ2n) is 6.25. The number of amides is 1. The summed E-state index contributed by atoms with van der Waals surface area (Å²) in [6.07, 6.45) is 0. The van der Waals surface area contributed by atoms with E-state index >= 15 is 0 Å². The zero-order valence-corrected chi connectivity index (χ0v) is 15.2. The summed E-state index contributed by atoms with van der Waals surface area (Å²) in [7, 11) is -3.49. The molecule has 1 aromatic rings. The second kappa shape index (κ2) is 8.31. The smallest absolute Gasteiger partial charge is 0.240 e. The number of rotatable bonds is 8. The van der Waals surface area contributed by atoms with Crippen LogP contribution in [-0.4, -0.2) is 33.0 Å². The molecule has 0 heterocycles. The van der Waals surface area contributed by atoms with Crippen LogP contribution in [0.5, 0.6) is 0 Å². The fraction of sp³-hybridized carbons (Fsp3) is 0.562. The Morgan fingerprint density at radius 2 is 1.61 bits per heavy atom. The normalized spacial score (nSPS) is 13.2. The maximum atomic E-state index is 12.0. The second-order valence-corrected chi connectivity index (χ2v) is 7.97. The Morgan fingerprint density at radius 3 is 2.09 bits per heavy atom. The summed E-state index contributed by atoms with van der Waals surface area (Å²) in [5.74, 6) is 0.279. The van der Waals surface area contributed by atoms with Crippen LogP contribution < -0.4 is 15.4 Å². The van der Waals surface area contributed by atoms with Gasteiger partial charge in [-0.2, -0.15) is 0 Å². The summed E-state index contributed by atoms with van der Waals surface area (Å²) >= 11 is 0. The molecule has 1 unspecified atom stereocenters. The predicted molar refractivity (Wildman–Crippen MR) is 92.8 cm³/mol. The Bertz CT molecular complexity index is 610. The van der Waals surface area contributed by atoms with Crippen molar-refractivity contribution in [2.24, 2.45) is 5.92 Å². The molecular weight excluding hydrogens is 314 g/mol. The van der Waals surface area contributed by atoms with Crippen LogP contribution in [0.15, 0.2) is 29.2 Å². The third-order valence-electron chi connectivity index (χ3n) is 3.40. The zero-order valence-electron chi connectivity index (χ0n) is 14.4. The van der Waals surface area contributed by atoms with E-state index in [-0.39, 0.29) is 29.4 Å². The highest BCUT2D eigenvalue weighted by atomic mass is 32.2. The lowest BCUT2D eigenvalue weighted by molar-refractivity contribution is -0.120. The van der Waals surface area contributed by atoms with E-state index in [4.69, 9.17) is 0 Å². The highest BCUT2D eigenvalue weighted by Gasteiger charge is 2.15. The van der Waals surface area contributed by atoms with Gasteiger partial charge in [-0.1, -0.05) is 13.8 Å². The molecule has 130 valence electrons. The van der Waals surface area contributed by atoms with Gasteiger partial charge in [-0.05, 0) is 51.0 Å². The molecule has 1 aromatic carbocycles. The van der Waals surface area contributed by atoms with Crippen LogP contribution in [0.1, 0.15) is 34.6 Å². The topological polar surface area (TPSA) is 87.3 Å². The minimum Gasteiger partial charge on any atom is -0.376 e. The quantitative estimate of drug-likeness (QED) is 0.674. The number of benzene rings is 1. The highest BCUT2D eigenvalue weighted by molar-refractivity contribution is 7.89. The predicted octanol–water partition coefficient (Wildman–Crippen LogP) is 1.95. The first-order valence-electron chi connectivity index (χ1n) is 7.77. The van der Waals surface area contributed by atoms with Gasteiger partial charge < -0.3 is 10.6 Å². The van der Waals surface area contributed by atoms with Crippen molar-refractivity contribution in [3.8, 4) is 0 Å². The summed E-state index contributed by atoms with van der Waals surface area (Å²) in [5, 5.41) is 5.88. The van der Waals surface area contributed by atoms with Crippen molar-refractivity contribution < 1.29 is 13.2 Å². The maximum Gasteiger partial charge on any atom is 0.240 e. The monoisotopic (exact) mass is 341 g/mol. The van der Waals surface area contributed by atoms with Crippen LogP contribution >= 0.6 is 0 Å². The summed E-state index contributed by atoms with van der Waals surface area (Å²) in [6, 6.07) is 6.27. The molecule has 0 aliphatic rings. The summed E-state index contributed by atoms with van der Waals surface area (Å²) < 4.78 is 26.5. The van der Waals surface area contributed by atoms with Crippen LogP contribution in [0.3, 0.4) is 0 Å². The Labute approximate surface area is 139 Å². The number of hydrogen-bond donors (Lipinski definition) is 3. The van der Waals surface area contributed by atoms with Gasteiger partial charge in [0.1, 0.15) is 0 Å². The number of hydrogen-bond acceptors (Lipinski definition) is 4. The fourth-order valence-electron chi connectivity index (χ4n) is 1.78. The molecule has 0 bridgehead atoms.